The first-order valence-corrected chi connectivity index (χ1v) is 2.64. The molecule has 0 unspecified atom stereocenters. The lowest BCUT2D eigenvalue weighted by atomic mass is 11.0. The highest BCUT2D eigenvalue weighted by atomic mass is 16.9. The maximum absolute atomic E-state index is 8.36. The predicted octanol–water partition coefficient (Wildman–Crippen LogP) is -3.47. The molecule has 0 rings (SSSR count). The SMILES string of the molecule is N/N=C(\N)N(N)N.O=[N+]([O-])O.O=[N+]([O-])O. The van der Waals surface area contributed by atoms with Gasteiger partial charge >= 0.3 is 0 Å². The standard InChI is InChI=1S/CH8N6.2HNO3/c2-1(6-3)7(4)5;2*2-1(3)4/h3-5H2,(H2,2,6);2*(H,2,3,4). The molecule has 0 aliphatic heterocycles. The molecule has 0 bridgehead atoms. The topological polar surface area (TPSA) is 246 Å². The van der Waals surface area contributed by atoms with E-state index in [0.29, 0.717) is 5.12 Å². The third-order valence-corrected chi connectivity index (χ3v) is 0.397. The Labute approximate surface area is 81.5 Å². The minimum Gasteiger partial charge on any atom is -0.366 e. The van der Waals surface area contributed by atoms with Gasteiger partial charge in [-0.25, -0.2) is 16.8 Å². The number of rotatable bonds is 0. The molecule has 0 aliphatic rings. The van der Waals surface area contributed by atoms with Crippen molar-refractivity contribution in [3.05, 3.63) is 20.2 Å². The molecule has 14 nitrogen and oxygen atoms in total. The first-order chi connectivity index (χ1) is 6.64. The van der Waals surface area contributed by atoms with Crippen molar-refractivity contribution in [1.29, 1.82) is 0 Å². The van der Waals surface area contributed by atoms with Gasteiger partial charge in [0.15, 0.2) is 0 Å². The van der Waals surface area contributed by atoms with Crippen molar-refractivity contribution in [2.45, 2.75) is 0 Å². The zero-order valence-corrected chi connectivity index (χ0v) is 7.13. The molecule has 0 heterocycles. The van der Waals surface area contributed by atoms with Gasteiger partial charge in [0.2, 0.25) is 5.96 Å². The van der Waals surface area contributed by atoms with Gasteiger partial charge in [-0.1, -0.05) is 0 Å². The van der Waals surface area contributed by atoms with E-state index in [1.54, 1.807) is 0 Å². The number of hydrazone groups is 1. The maximum atomic E-state index is 8.36. The van der Waals surface area contributed by atoms with Crippen LogP contribution in [0, 0.1) is 20.2 Å². The minimum absolute atomic E-state index is 0.111. The molecule has 0 fully saturated rings. The zero-order valence-electron chi connectivity index (χ0n) is 7.13. The highest BCUT2D eigenvalue weighted by Gasteiger charge is 1.88. The second-order valence-electron chi connectivity index (χ2n) is 1.37. The molecule has 90 valence electrons. The fraction of sp³-hybridized carbons (Fsp3) is 0. The molecule has 0 aromatic rings. The van der Waals surface area contributed by atoms with E-state index in [0.717, 1.165) is 0 Å². The summed E-state index contributed by atoms with van der Waals surface area (Å²) in [6, 6.07) is 0. The average molecular weight is 230 g/mol. The fourth-order valence-electron chi connectivity index (χ4n) is 0.0667. The molecule has 0 radical (unpaired) electrons. The summed E-state index contributed by atoms with van der Waals surface area (Å²) in [4.78, 5) is 16.7. The van der Waals surface area contributed by atoms with E-state index in [1.165, 1.54) is 0 Å². The van der Waals surface area contributed by atoms with Crippen molar-refractivity contribution >= 4 is 5.96 Å². The summed E-state index contributed by atoms with van der Waals surface area (Å²) in [5.41, 5.74) is 4.92. The van der Waals surface area contributed by atoms with Crippen LogP contribution >= 0.6 is 0 Å². The van der Waals surface area contributed by atoms with Crippen LogP contribution in [0.1, 0.15) is 0 Å². The molecule has 0 saturated heterocycles. The van der Waals surface area contributed by atoms with Gasteiger partial charge in [-0.05, 0) is 0 Å². The molecule has 0 saturated carbocycles. The number of nitrogens with two attached hydrogens (primary N) is 4. The van der Waals surface area contributed by atoms with Gasteiger partial charge < -0.3 is 22.0 Å². The van der Waals surface area contributed by atoms with Crippen molar-refractivity contribution in [1.82, 2.24) is 5.12 Å². The summed E-state index contributed by atoms with van der Waals surface area (Å²) < 4.78 is 0. The van der Waals surface area contributed by atoms with Crippen molar-refractivity contribution in [3.63, 3.8) is 0 Å². The Morgan fingerprint density at radius 1 is 1.20 bits per heavy atom. The van der Waals surface area contributed by atoms with Crippen LogP contribution in [-0.2, 0) is 0 Å². The Kier molecular flexibility index (Phi) is 13.8. The number of hydrazine groups is 2. The lowest BCUT2D eigenvalue weighted by Crippen LogP contribution is -2.48. The number of nitrogens with zero attached hydrogens (tertiary/aromatic N) is 4. The number of hydrogen-bond donors (Lipinski definition) is 6. The summed E-state index contributed by atoms with van der Waals surface area (Å²) in [7, 11) is 0. The van der Waals surface area contributed by atoms with E-state index in [2.05, 4.69) is 10.9 Å². The van der Waals surface area contributed by atoms with Crippen LogP contribution in [0.5, 0.6) is 0 Å². The molecule has 15 heavy (non-hydrogen) atoms. The molecule has 0 amide bonds. The highest BCUT2D eigenvalue weighted by Crippen LogP contribution is 1.55. The molecule has 0 aromatic heterocycles. The van der Waals surface area contributed by atoms with Crippen molar-refractivity contribution in [3.8, 4) is 0 Å². The average Bonchev–Trinajstić information content (AvgIpc) is 2.00. The van der Waals surface area contributed by atoms with Crippen molar-refractivity contribution in [2.24, 2.45) is 28.4 Å². The third-order valence-electron chi connectivity index (χ3n) is 0.397. The zero-order chi connectivity index (χ0) is 13.0. The first kappa shape index (κ1) is 18.2. The summed E-state index contributed by atoms with van der Waals surface area (Å²) in [5.74, 6) is 14.2. The lowest BCUT2D eigenvalue weighted by Gasteiger charge is -2.06. The van der Waals surface area contributed by atoms with Crippen LogP contribution in [0.3, 0.4) is 0 Å². The molecule has 0 atom stereocenters. The van der Waals surface area contributed by atoms with Gasteiger partial charge in [0.1, 0.15) is 0 Å². The molecule has 0 aliphatic carbocycles. The van der Waals surface area contributed by atoms with Gasteiger partial charge in [0, 0.05) is 0 Å². The molecular weight excluding hydrogens is 220 g/mol. The van der Waals surface area contributed by atoms with E-state index in [9.17, 15) is 0 Å². The smallest absolute Gasteiger partial charge is 0.291 e. The molecular formula is CH10N8O6. The normalized spacial score (nSPS) is 8.53. The summed E-state index contributed by atoms with van der Waals surface area (Å²) in [5, 5.41) is 30.9. The summed E-state index contributed by atoms with van der Waals surface area (Å²) >= 11 is 0. The summed E-state index contributed by atoms with van der Waals surface area (Å²) in [6.45, 7) is 0. The Morgan fingerprint density at radius 3 is 1.40 bits per heavy atom. The van der Waals surface area contributed by atoms with Crippen LogP contribution in [0.2, 0.25) is 0 Å². The van der Waals surface area contributed by atoms with Crippen molar-refractivity contribution in [2.75, 3.05) is 0 Å². The minimum atomic E-state index is -1.50. The molecule has 0 spiro atoms. The van der Waals surface area contributed by atoms with E-state index < -0.39 is 10.2 Å². The van der Waals surface area contributed by atoms with E-state index in [1.807, 2.05) is 0 Å². The Bertz CT molecular complexity index is 191. The van der Waals surface area contributed by atoms with Gasteiger partial charge in [-0.2, -0.15) is 0 Å². The van der Waals surface area contributed by atoms with Crippen molar-refractivity contribution < 1.29 is 20.6 Å². The predicted molar refractivity (Wildman–Crippen MR) is 43.6 cm³/mol. The maximum Gasteiger partial charge on any atom is 0.291 e. The Hall–Kier alpha value is -2.61. The van der Waals surface area contributed by atoms with E-state index >= 15 is 0 Å². The second-order valence-corrected chi connectivity index (χ2v) is 1.37. The Balaban J connectivity index is -0.000000155. The van der Waals surface area contributed by atoms with Gasteiger partial charge in [-0.15, -0.1) is 25.3 Å². The van der Waals surface area contributed by atoms with Gasteiger partial charge in [0.05, 0.1) is 0 Å². The van der Waals surface area contributed by atoms with E-state index in [-0.39, 0.29) is 5.96 Å². The second kappa shape index (κ2) is 11.4. The van der Waals surface area contributed by atoms with Gasteiger partial charge in [-0.3, -0.25) is 0 Å². The lowest BCUT2D eigenvalue weighted by molar-refractivity contribution is -0.742. The van der Waals surface area contributed by atoms with Crippen LogP contribution in [0.15, 0.2) is 5.10 Å². The molecule has 14 heteroatoms. The molecule has 0 aromatic carbocycles. The van der Waals surface area contributed by atoms with Gasteiger partial charge in [0.25, 0.3) is 10.2 Å². The number of hydrogen-bond acceptors (Lipinski definition) is 8. The monoisotopic (exact) mass is 230 g/mol. The third kappa shape index (κ3) is 87.4. The Morgan fingerprint density at radius 2 is 1.40 bits per heavy atom. The summed E-state index contributed by atoms with van der Waals surface area (Å²) in [6.07, 6.45) is 0. The fourth-order valence-corrected chi connectivity index (χ4v) is 0.0667. The highest BCUT2D eigenvalue weighted by molar-refractivity contribution is 5.76. The van der Waals surface area contributed by atoms with E-state index in [4.69, 9.17) is 48.1 Å². The largest absolute Gasteiger partial charge is 0.366 e. The van der Waals surface area contributed by atoms with Crippen LogP contribution in [-0.4, -0.2) is 31.7 Å². The van der Waals surface area contributed by atoms with Crippen LogP contribution < -0.4 is 23.3 Å². The number of guanidine groups is 1. The first-order valence-electron chi connectivity index (χ1n) is 2.64. The quantitative estimate of drug-likeness (QED) is 0.0783. The molecule has 10 N–H and O–H groups in total. The van der Waals surface area contributed by atoms with Crippen LogP contribution in [0.25, 0.3) is 0 Å². The van der Waals surface area contributed by atoms with Crippen LogP contribution in [0.4, 0.5) is 0 Å².